The zero-order valence-electron chi connectivity index (χ0n) is 12.5. The predicted octanol–water partition coefficient (Wildman–Crippen LogP) is 2.67. The van der Waals surface area contributed by atoms with Gasteiger partial charge >= 0.3 is 0 Å². The Bertz CT molecular complexity index is 615. The van der Waals surface area contributed by atoms with Gasteiger partial charge in [-0.3, -0.25) is 0 Å². The molecule has 1 aliphatic rings. The standard InChI is InChI=1S/C18H20ClNO2/c19-15-6-8-17(9-7-15)22-18-5-1-3-14(11-18)12-20-10-2-4-16(21)13-20/h1,3,5-9,11,16,21H,2,4,10,12-13H2/p+1/t16-/m1/s1. The highest BCUT2D eigenvalue weighted by molar-refractivity contribution is 6.30. The number of nitrogens with one attached hydrogen (secondary N) is 1. The third-order valence-electron chi connectivity index (χ3n) is 3.99. The Kier molecular flexibility index (Phi) is 4.98. The lowest BCUT2D eigenvalue weighted by atomic mass is 10.1. The van der Waals surface area contributed by atoms with E-state index in [2.05, 4.69) is 12.1 Å². The van der Waals surface area contributed by atoms with Crippen LogP contribution in [0.4, 0.5) is 0 Å². The van der Waals surface area contributed by atoms with Gasteiger partial charge in [-0.25, -0.2) is 0 Å². The van der Waals surface area contributed by atoms with Crippen LogP contribution in [0.5, 0.6) is 11.5 Å². The van der Waals surface area contributed by atoms with Crippen LogP contribution in [0.1, 0.15) is 18.4 Å². The summed E-state index contributed by atoms with van der Waals surface area (Å²) in [7, 11) is 0. The first-order chi connectivity index (χ1) is 10.7. The predicted molar refractivity (Wildman–Crippen MR) is 87.6 cm³/mol. The molecule has 1 heterocycles. The van der Waals surface area contributed by atoms with Crippen LogP contribution in [0.15, 0.2) is 48.5 Å². The maximum atomic E-state index is 9.77. The van der Waals surface area contributed by atoms with Gasteiger partial charge in [-0.1, -0.05) is 23.7 Å². The minimum Gasteiger partial charge on any atom is -0.457 e. The van der Waals surface area contributed by atoms with Crippen molar-refractivity contribution in [2.45, 2.75) is 25.5 Å². The van der Waals surface area contributed by atoms with Gasteiger partial charge in [0, 0.05) is 10.6 Å². The molecule has 2 atom stereocenters. The van der Waals surface area contributed by atoms with Gasteiger partial charge in [0.05, 0.1) is 6.54 Å². The molecule has 0 amide bonds. The summed E-state index contributed by atoms with van der Waals surface area (Å²) < 4.78 is 5.87. The van der Waals surface area contributed by atoms with Crippen molar-refractivity contribution in [3.05, 3.63) is 59.1 Å². The molecule has 116 valence electrons. The van der Waals surface area contributed by atoms with Crippen LogP contribution in [0, 0.1) is 0 Å². The molecule has 0 radical (unpaired) electrons. The van der Waals surface area contributed by atoms with Crippen molar-refractivity contribution in [2.24, 2.45) is 0 Å². The Labute approximate surface area is 136 Å². The van der Waals surface area contributed by atoms with E-state index >= 15 is 0 Å². The minimum absolute atomic E-state index is 0.155. The Hall–Kier alpha value is -1.55. The first-order valence-corrected chi connectivity index (χ1v) is 8.11. The number of quaternary nitrogens is 1. The quantitative estimate of drug-likeness (QED) is 0.909. The number of aliphatic hydroxyl groups excluding tert-OH is 1. The fourth-order valence-electron chi connectivity index (χ4n) is 2.93. The van der Waals surface area contributed by atoms with Gasteiger partial charge < -0.3 is 14.7 Å². The molecule has 2 N–H and O–H groups in total. The summed E-state index contributed by atoms with van der Waals surface area (Å²) in [4.78, 5) is 1.43. The lowest BCUT2D eigenvalue weighted by Crippen LogP contribution is -3.12. The summed E-state index contributed by atoms with van der Waals surface area (Å²) in [5, 5.41) is 10.5. The molecule has 0 saturated carbocycles. The van der Waals surface area contributed by atoms with Gasteiger partial charge in [0.25, 0.3) is 0 Å². The van der Waals surface area contributed by atoms with Crippen molar-refractivity contribution in [1.29, 1.82) is 0 Å². The van der Waals surface area contributed by atoms with Crippen LogP contribution in [-0.2, 0) is 6.54 Å². The van der Waals surface area contributed by atoms with Crippen LogP contribution in [0.2, 0.25) is 5.02 Å². The van der Waals surface area contributed by atoms with Crippen LogP contribution in [0.25, 0.3) is 0 Å². The molecule has 0 bridgehead atoms. The van der Waals surface area contributed by atoms with Crippen LogP contribution in [-0.4, -0.2) is 24.3 Å². The molecule has 0 aliphatic carbocycles. The van der Waals surface area contributed by atoms with Gasteiger partial charge in [0.15, 0.2) is 0 Å². The number of halogens is 1. The van der Waals surface area contributed by atoms with Gasteiger partial charge in [-0.05, 0) is 49.2 Å². The minimum atomic E-state index is -0.155. The van der Waals surface area contributed by atoms with Crippen LogP contribution in [0.3, 0.4) is 0 Å². The van der Waals surface area contributed by atoms with E-state index in [1.54, 1.807) is 0 Å². The zero-order chi connectivity index (χ0) is 15.4. The van der Waals surface area contributed by atoms with Gasteiger partial charge in [0.2, 0.25) is 0 Å². The number of hydrogen-bond acceptors (Lipinski definition) is 2. The maximum Gasteiger partial charge on any atom is 0.127 e. The first kappa shape index (κ1) is 15.3. The van der Waals surface area contributed by atoms with Gasteiger partial charge in [-0.2, -0.15) is 0 Å². The first-order valence-electron chi connectivity index (χ1n) is 7.73. The normalized spacial score (nSPS) is 21.5. The van der Waals surface area contributed by atoms with Crippen molar-refractivity contribution in [1.82, 2.24) is 0 Å². The Morgan fingerprint density at radius 2 is 1.95 bits per heavy atom. The molecule has 1 saturated heterocycles. The molecular formula is C18H21ClNO2+. The molecule has 1 aliphatic heterocycles. The summed E-state index contributed by atoms with van der Waals surface area (Å²) in [5.74, 6) is 1.61. The molecule has 3 rings (SSSR count). The maximum absolute atomic E-state index is 9.77. The van der Waals surface area contributed by atoms with Crippen molar-refractivity contribution < 1.29 is 14.7 Å². The monoisotopic (exact) mass is 318 g/mol. The number of benzene rings is 2. The average molecular weight is 319 g/mol. The van der Waals surface area contributed by atoms with E-state index in [1.165, 1.54) is 10.5 Å². The highest BCUT2D eigenvalue weighted by atomic mass is 35.5. The smallest absolute Gasteiger partial charge is 0.127 e. The van der Waals surface area contributed by atoms with E-state index in [9.17, 15) is 5.11 Å². The van der Waals surface area contributed by atoms with Crippen LogP contribution < -0.4 is 9.64 Å². The molecule has 0 spiro atoms. The van der Waals surface area contributed by atoms with Crippen LogP contribution >= 0.6 is 11.6 Å². The van der Waals surface area contributed by atoms with E-state index in [1.807, 2.05) is 36.4 Å². The van der Waals surface area contributed by atoms with E-state index < -0.39 is 0 Å². The van der Waals surface area contributed by atoms with Crippen molar-refractivity contribution in [2.75, 3.05) is 13.1 Å². The molecule has 3 nitrogen and oxygen atoms in total. The molecule has 22 heavy (non-hydrogen) atoms. The number of likely N-dealkylation sites (tertiary alicyclic amines) is 1. The number of hydrogen-bond donors (Lipinski definition) is 2. The number of rotatable bonds is 4. The topological polar surface area (TPSA) is 33.9 Å². The van der Waals surface area contributed by atoms with Crippen molar-refractivity contribution in [3.8, 4) is 11.5 Å². The SMILES string of the molecule is O[C@@H]1CCC[NH+](Cc2cccc(Oc3ccc(Cl)cc3)c2)C1. The second kappa shape index (κ2) is 7.14. The largest absolute Gasteiger partial charge is 0.457 e. The third kappa shape index (κ3) is 4.23. The summed E-state index contributed by atoms with van der Waals surface area (Å²) in [6.07, 6.45) is 1.87. The molecule has 1 unspecified atom stereocenters. The summed E-state index contributed by atoms with van der Waals surface area (Å²) in [5.41, 5.74) is 1.23. The number of aliphatic hydroxyl groups is 1. The van der Waals surface area contributed by atoms with Gasteiger partial charge in [0.1, 0.15) is 30.7 Å². The molecule has 4 heteroatoms. The summed E-state index contributed by atoms with van der Waals surface area (Å²) in [6.45, 7) is 2.89. The molecule has 2 aromatic rings. The fraction of sp³-hybridized carbons (Fsp3) is 0.333. The Morgan fingerprint density at radius 1 is 1.14 bits per heavy atom. The number of ether oxygens (including phenoxy) is 1. The van der Waals surface area contributed by atoms with Crippen molar-refractivity contribution >= 4 is 11.6 Å². The fourth-order valence-corrected chi connectivity index (χ4v) is 3.06. The van der Waals surface area contributed by atoms with Gasteiger partial charge in [-0.15, -0.1) is 0 Å². The zero-order valence-corrected chi connectivity index (χ0v) is 13.2. The molecule has 0 aromatic heterocycles. The second-order valence-electron chi connectivity index (χ2n) is 5.88. The highest BCUT2D eigenvalue weighted by Gasteiger charge is 2.21. The number of piperidine rings is 1. The second-order valence-corrected chi connectivity index (χ2v) is 6.32. The Balaban J connectivity index is 1.65. The molecule has 2 aromatic carbocycles. The van der Waals surface area contributed by atoms with Crippen molar-refractivity contribution in [3.63, 3.8) is 0 Å². The van der Waals surface area contributed by atoms with E-state index in [-0.39, 0.29) is 6.10 Å². The lowest BCUT2D eigenvalue weighted by molar-refractivity contribution is -0.921. The summed E-state index contributed by atoms with van der Waals surface area (Å²) in [6, 6.07) is 15.5. The summed E-state index contributed by atoms with van der Waals surface area (Å²) >= 11 is 5.88. The Morgan fingerprint density at radius 3 is 2.73 bits per heavy atom. The molecular weight excluding hydrogens is 298 g/mol. The van der Waals surface area contributed by atoms with E-state index in [4.69, 9.17) is 16.3 Å². The molecule has 1 fully saturated rings. The highest BCUT2D eigenvalue weighted by Crippen LogP contribution is 2.23. The van der Waals surface area contributed by atoms with E-state index in [0.717, 1.165) is 44.0 Å². The average Bonchev–Trinajstić information content (AvgIpc) is 2.50. The third-order valence-corrected chi connectivity index (χ3v) is 4.25. The van der Waals surface area contributed by atoms with E-state index in [0.29, 0.717) is 5.02 Å². The lowest BCUT2D eigenvalue weighted by Gasteiger charge is -2.27.